The number of amides is 3. The number of nitrogens with one attached hydrogen (secondary N) is 2. The first-order valence-electron chi connectivity index (χ1n) is 15.6. The third-order valence-electron chi connectivity index (χ3n) is 10.3. The van der Waals surface area contributed by atoms with Crippen LogP contribution in [0, 0.1) is 23.7 Å². The molecule has 6 rings (SSSR count). The minimum atomic E-state index is -1.16. The topological polar surface area (TPSA) is 109 Å². The van der Waals surface area contributed by atoms with E-state index in [0.717, 1.165) is 45.3 Å². The van der Waals surface area contributed by atoms with Gasteiger partial charge in [-0.2, -0.15) is 0 Å². The summed E-state index contributed by atoms with van der Waals surface area (Å²) in [5.74, 6) is -0.554. The van der Waals surface area contributed by atoms with Gasteiger partial charge in [-0.15, -0.1) is 0 Å². The number of likely N-dealkylation sites (tertiary alicyclic amines) is 1. The Morgan fingerprint density at radius 1 is 1.07 bits per heavy atom. The predicted molar refractivity (Wildman–Crippen MR) is 157 cm³/mol. The van der Waals surface area contributed by atoms with Crippen LogP contribution in [0.15, 0.2) is 36.4 Å². The van der Waals surface area contributed by atoms with Gasteiger partial charge in [-0.25, -0.2) is 0 Å². The summed E-state index contributed by atoms with van der Waals surface area (Å²) in [6, 6.07) is 6.33. The lowest BCUT2D eigenvalue weighted by Crippen LogP contribution is -2.58. The molecule has 1 aromatic carbocycles. The number of rotatable bonds is 9. The van der Waals surface area contributed by atoms with E-state index in [1.54, 1.807) is 36.3 Å². The highest BCUT2D eigenvalue weighted by Crippen LogP contribution is 2.55. The largest absolute Gasteiger partial charge is 0.497 e. The molecule has 1 aliphatic carbocycles. The lowest BCUT2D eigenvalue weighted by Gasteiger charge is -2.38. The Labute approximate surface area is 248 Å². The van der Waals surface area contributed by atoms with E-state index in [2.05, 4.69) is 29.4 Å². The molecule has 228 valence electrons. The number of methoxy groups -OCH3 is 1. The van der Waals surface area contributed by atoms with Crippen LogP contribution >= 0.6 is 0 Å². The number of morpholine rings is 1. The molecule has 0 radical (unpaired) electrons. The SMILES string of the molecule is COc1ccc(NC(=O)[C@@H]2[C@@H]3C=C[C@]4(O3)[C@@H]2C(=O)N(CCCN2CCOCC2)[C@H]4C(=O)N[C@@H]2CCC[C@@H](C)[C@@H]2C)cc1. The molecule has 8 atom stereocenters. The average molecular weight is 581 g/mol. The maximum absolute atomic E-state index is 14.2. The molecule has 2 N–H and O–H groups in total. The third kappa shape index (κ3) is 5.22. The number of nitrogens with zero attached hydrogens (tertiary/aromatic N) is 2. The summed E-state index contributed by atoms with van der Waals surface area (Å²) in [7, 11) is 1.59. The fourth-order valence-electron chi connectivity index (χ4n) is 7.74. The summed E-state index contributed by atoms with van der Waals surface area (Å²) in [4.78, 5) is 46.1. The average Bonchev–Trinajstić information content (AvgIpc) is 3.64. The zero-order valence-electron chi connectivity index (χ0n) is 24.9. The molecular formula is C32H44N4O6. The Balaban J connectivity index is 1.24. The molecule has 1 spiro atoms. The van der Waals surface area contributed by atoms with Crippen LogP contribution in [0.4, 0.5) is 5.69 Å². The summed E-state index contributed by atoms with van der Waals surface area (Å²) in [6.45, 7) is 8.84. The molecule has 3 saturated heterocycles. The van der Waals surface area contributed by atoms with Crippen LogP contribution in [-0.2, 0) is 23.9 Å². The molecule has 0 aromatic heterocycles. The first-order chi connectivity index (χ1) is 20.3. The van der Waals surface area contributed by atoms with Crippen molar-refractivity contribution in [2.24, 2.45) is 23.7 Å². The molecule has 10 heteroatoms. The van der Waals surface area contributed by atoms with Gasteiger partial charge in [-0.1, -0.05) is 38.8 Å². The van der Waals surface area contributed by atoms with Crippen molar-refractivity contribution in [2.75, 3.05) is 51.8 Å². The van der Waals surface area contributed by atoms with Gasteiger partial charge in [0.1, 0.15) is 17.4 Å². The van der Waals surface area contributed by atoms with Crippen LogP contribution in [-0.4, -0.2) is 97.8 Å². The van der Waals surface area contributed by atoms with Crippen molar-refractivity contribution in [3.63, 3.8) is 0 Å². The lowest BCUT2D eigenvalue weighted by molar-refractivity contribution is -0.141. The second kappa shape index (κ2) is 12.0. The molecule has 3 amide bonds. The minimum Gasteiger partial charge on any atom is -0.497 e. The Morgan fingerprint density at radius 2 is 1.83 bits per heavy atom. The van der Waals surface area contributed by atoms with Gasteiger partial charge >= 0.3 is 0 Å². The summed E-state index contributed by atoms with van der Waals surface area (Å²) >= 11 is 0. The van der Waals surface area contributed by atoms with E-state index in [0.29, 0.717) is 43.0 Å². The van der Waals surface area contributed by atoms with Crippen molar-refractivity contribution < 1.29 is 28.6 Å². The molecule has 4 aliphatic heterocycles. The molecule has 4 fully saturated rings. The number of hydrogen-bond donors (Lipinski definition) is 2. The molecule has 2 bridgehead atoms. The molecule has 10 nitrogen and oxygen atoms in total. The van der Waals surface area contributed by atoms with Gasteiger partial charge in [0.05, 0.1) is 38.3 Å². The number of fused-ring (bicyclic) bond motifs is 1. The van der Waals surface area contributed by atoms with Gasteiger partial charge in [0, 0.05) is 37.9 Å². The van der Waals surface area contributed by atoms with Crippen LogP contribution in [0.2, 0.25) is 0 Å². The maximum Gasteiger partial charge on any atom is 0.246 e. The number of benzene rings is 1. The Hall–Kier alpha value is -2.95. The quantitative estimate of drug-likeness (QED) is 0.432. The zero-order valence-corrected chi connectivity index (χ0v) is 24.9. The van der Waals surface area contributed by atoms with Gasteiger partial charge in [-0.05, 0) is 48.9 Å². The van der Waals surface area contributed by atoms with Crippen LogP contribution in [0.25, 0.3) is 0 Å². The first-order valence-corrected chi connectivity index (χ1v) is 15.6. The highest BCUT2D eigenvalue weighted by Gasteiger charge is 2.72. The number of carbonyl (C=O) groups excluding carboxylic acids is 3. The van der Waals surface area contributed by atoms with E-state index in [1.165, 1.54) is 0 Å². The Morgan fingerprint density at radius 3 is 2.57 bits per heavy atom. The normalized spacial score (nSPS) is 35.7. The first kappa shape index (κ1) is 29.1. The molecular weight excluding hydrogens is 536 g/mol. The van der Waals surface area contributed by atoms with Crippen molar-refractivity contribution in [1.29, 1.82) is 0 Å². The summed E-state index contributed by atoms with van der Waals surface area (Å²) < 4.78 is 17.2. The van der Waals surface area contributed by atoms with Gasteiger partial charge in [0.25, 0.3) is 0 Å². The Bertz CT molecular complexity index is 1200. The second-order valence-electron chi connectivity index (χ2n) is 12.6. The second-order valence-corrected chi connectivity index (χ2v) is 12.6. The molecule has 0 unspecified atom stereocenters. The monoisotopic (exact) mass is 580 g/mol. The van der Waals surface area contributed by atoms with E-state index in [-0.39, 0.29) is 23.8 Å². The molecule has 5 aliphatic rings. The van der Waals surface area contributed by atoms with E-state index in [9.17, 15) is 14.4 Å². The van der Waals surface area contributed by atoms with Crippen molar-refractivity contribution in [3.8, 4) is 5.75 Å². The predicted octanol–water partition coefficient (Wildman–Crippen LogP) is 2.45. The van der Waals surface area contributed by atoms with Crippen molar-refractivity contribution in [1.82, 2.24) is 15.1 Å². The summed E-state index contributed by atoms with van der Waals surface area (Å²) in [5.41, 5.74) is -0.542. The molecule has 1 aromatic rings. The maximum atomic E-state index is 14.2. The smallest absolute Gasteiger partial charge is 0.246 e. The minimum absolute atomic E-state index is 0.0544. The fraction of sp³-hybridized carbons (Fsp3) is 0.656. The highest BCUT2D eigenvalue weighted by molar-refractivity contribution is 6.02. The van der Waals surface area contributed by atoms with E-state index < -0.39 is 29.6 Å². The zero-order chi connectivity index (χ0) is 29.4. The van der Waals surface area contributed by atoms with Crippen LogP contribution in [0.5, 0.6) is 5.75 Å². The van der Waals surface area contributed by atoms with Crippen LogP contribution in [0.3, 0.4) is 0 Å². The van der Waals surface area contributed by atoms with Crippen LogP contribution < -0.4 is 15.4 Å². The van der Waals surface area contributed by atoms with Crippen molar-refractivity contribution in [2.45, 2.75) is 63.3 Å². The van der Waals surface area contributed by atoms with E-state index in [1.807, 2.05) is 12.2 Å². The highest BCUT2D eigenvalue weighted by atomic mass is 16.5. The van der Waals surface area contributed by atoms with Crippen molar-refractivity contribution >= 4 is 23.4 Å². The van der Waals surface area contributed by atoms with Gasteiger partial charge < -0.3 is 29.7 Å². The summed E-state index contributed by atoms with van der Waals surface area (Å²) in [6.07, 6.45) is 7.08. The fourth-order valence-corrected chi connectivity index (χ4v) is 7.74. The third-order valence-corrected chi connectivity index (χ3v) is 10.3. The number of hydrogen-bond acceptors (Lipinski definition) is 7. The molecule has 4 heterocycles. The van der Waals surface area contributed by atoms with Gasteiger partial charge in [-0.3, -0.25) is 19.3 Å². The van der Waals surface area contributed by atoms with Crippen molar-refractivity contribution in [3.05, 3.63) is 36.4 Å². The van der Waals surface area contributed by atoms with Gasteiger partial charge in [0.2, 0.25) is 17.7 Å². The molecule has 42 heavy (non-hydrogen) atoms. The number of anilines is 1. The van der Waals surface area contributed by atoms with E-state index in [4.69, 9.17) is 14.2 Å². The van der Waals surface area contributed by atoms with Crippen LogP contribution in [0.1, 0.15) is 39.5 Å². The van der Waals surface area contributed by atoms with E-state index >= 15 is 0 Å². The lowest BCUT2D eigenvalue weighted by atomic mass is 9.73. The Kier molecular flexibility index (Phi) is 8.31. The number of ether oxygens (including phenoxy) is 3. The van der Waals surface area contributed by atoms with Gasteiger partial charge in [0.15, 0.2) is 0 Å². The number of carbonyl (C=O) groups is 3. The standard InChI is InChI=1S/C32H44N4O6/c1-20-6-4-7-24(21(20)2)34-30(38)28-32-13-12-25(42-32)26(29(37)33-22-8-10-23(40-3)11-9-22)27(32)31(39)36(28)15-5-14-35-16-18-41-19-17-35/h8-13,20-21,24-28H,4-7,14-19H2,1-3H3,(H,33,37)(H,34,38)/t20-,21+,24-,25+,26-,27+,28+,32+/m1/s1. The summed E-state index contributed by atoms with van der Waals surface area (Å²) in [5, 5.41) is 6.30. The molecule has 1 saturated carbocycles.